The Hall–Kier alpha value is -1.24. The van der Waals surface area contributed by atoms with Gasteiger partial charge in [0.25, 0.3) is 0 Å². The van der Waals surface area contributed by atoms with E-state index in [1.165, 1.54) is 0 Å². The average Bonchev–Trinajstić information content (AvgIpc) is 3.34. The molecule has 3 aliphatic rings. The van der Waals surface area contributed by atoms with E-state index in [9.17, 15) is 0 Å². The molecule has 0 aromatic heterocycles. The minimum atomic E-state index is -0.315. The highest BCUT2D eigenvalue weighted by molar-refractivity contribution is 5.18. The average molecular weight is 289 g/mol. The third-order valence-electron chi connectivity index (χ3n) is 4.13. The van der Waals surface area contributed by atoms with E-state index >= 15 is 0 Å². The Morgan fingerprint density at radius 3 is 2.90 bits per heavy atom. The second-order valence-corrected chi connectivity index (χ2v) is 5.56. The van der Waals surface area contributed by atoms with Crippen molar-refractivity contribution in [1.82, 2.24) is 5.32 Å². The lowest BCUT2D eigenvalue weighted by molar-refractivity contribution is -0.306. The molecule has 5 heteroatoms. The van der Waals surface area contributed by atoms with Gasteiger partial charge in [-0.2, -0.15) is 0 Å². The summed E-state index contributed by atoms with van der Waals surface area (Å²) in [6.07, 6.45) is 1.10. The molecule has 1 aromatic carbocycles. The van der Waals surface area contributed by atoms with Crippen LogP contribution in [0.5, 0.6) is 0 Å². The summed E-state index contributed by atoms with van der Waals surface area (Å²) < 4.78 is 23.5. The zero-order valence-corrected chi connectivity index (χ0v) is 11.7. The molecule has 0 amide bonds. The zero-order chi connectivity index (χ0) is 14.2. The van der Waals surface area contributed by atoms with Crippen LogP contribution in [0, 0.1) is 0 Å². The Bertz CT molecular complexity index is 508. The van der Waals surface area contributed by atoms with Crippen molar-refractivity contribution in [2.75, 3.05) is 13.2 Å². The number of fused-ring (bicyclic) bond motifs is 3. The quantitative estimate of drug-likeness (QED) is 0.670. The Balaban J connectivity index is 1.43. The van der Waals surface area contributed by atoms with Crippen LogP contribution in [-0.4, -0.2) is 43.8 Å². The molecule has 3 aliphatic heterocycles. The summed E-state index contributed by atoms with van der Waals surface area (Å²) in [6, 6.07) is 10.5. The van der Waals surface area contributed by atoms with Crippen molar-refractivity contribution in [3.63, 3.8) is 0 Å². The summed E-state index contributed by atoms with van der Waals surface area (Å²) in [6.45, 7) is 4.66. The van der Waals surface area contributed by atoms with Crippen molar-refractivity contribution in [2.45, 2.75) is 36.9 Å². The van der Waals surface area contributed by atoms with Crippen LogP contribution in [-0.2, 0) is 18.9 Å². The van der Waals surface area contributed by atoms with E-state index < -0.39 is 0 Å². The third kappa shape index (κ3) is 2.52. The Kier molecular flexibility index (Phi) is 3.52. The van der Waals surface area contributed by atoms with Gasteiger partial charge in [0, 0.05) is 5.56 Å². The van der Waals surface area contributed by atoms with Crippen LogP contribution in [0.3, 0.4) is 0 Å². The minimum absolute atomic E-state index is 0.0116. The van der Waals surface area contributed by atoms with Gasteiger partial charge >= 0.3 is 0 Å². The minimum Gasteiger partial charge on any atom is -0.347 e. The summed E-state index contributed by atoms with van der Waals surface area (Å²) in [4.78, 5) is 0. The molecule has 4 rings (SSSR count). The van der Waals surface area contributed by atoms with Crippen LogP contribution in [0.2, 0.25) is 0 Å². The molecule has 3 saturated heterocycles. The van der Waals surface area contributed by atoms with Gasteiger partial charge in [-0.25, -0.2) is 0 Å². The molecule has 1 N–H and O–H groups in total. The van der Waals surface area contributed by atoms with E-state index in [2.05, 4.69) is 11.9 Å². The van der Waals surface area contributed by atoms with E-state index in [0.29, 0.717) is 13.2 Å². The second kappa shape index (κ2) is 5.51. The van der Waals surface area contributed by atoms with Gasteiger partial charge in [-0.3, -0.25) is 0 Å². The second-order valence-electron chi connectivity index (χ2n) is 5.56. The molecule has 6 atom stereocenters. The maximum absolute atomic E-state index is 6.10. The lowest BCUT2D eigenvalue weighted by Crippen LogP contribution is -2.52. The van der Waals surface area contributed by atoms with Gasteiger partial charge in [0.15, 0.2) is 12.6 Å². The van der Waals surface area contributed by atoms with Crippen LogP contribution in [0.15, 0.2) is 43.0 Å². The monoisotopic (exact) mass is 289 g/mol. The number of ether oxygens (including phenoxy) is 4. The zero-order valence-electron chi connectivity index (χ0n) is 11.7. The van der Waals surface area contributed by atoms with Crippen molar-refractivity contribution < 1.29 is 18.9 Å². The molecule has 1 aromatic rings. The summed E-state index contributed by atoms with van der Waals surface area (Å²) in [5.41, 5.74) is 1.04. The lowest BCUT2D eigenvalue weighted by Gasteiger charge is -2.40. The molecule has 0 radical (unpaired) electrons. The molecule has 0 aliphatic carbocycles. The van der Waals surface area contributed by atoms with Gasteiger partial charge in [0.2, 0.25) is 0 Å². The molecule has 0 saturated carbocycles. The predicted molar refractivity (Wildman–Crippen MR) is 75.5 cm³/mol. The van der Waals surface area contributed by atoms with Crippen LogP contribution in [0.1, 0.15) is 11.9 Å². The van der Waals surface area contributed by atoms with Crippen LogP contribution < -0.4 is 5.32 Å². The maximum Gasteiger partial charge on any atom is 0.184 e. The Morgan fingerprint density at radius 1 is 1.24 bits per heavy atom. The molecule has 0 bridgehead atoms. The lowest BCUT2D eigenvalue weighted by atomic mass is 10.0. The number of hydrogen-bond acceptors (Lipinski definition) is 5. The van der Waals surface area contributed by atoms with Gasteiger partial charge in [-0.1, -0.05) is 36.4 Å². The fourth-order valence-electron chi connectivity index (χ4n) is 3.04. The van der Waals surface area contributed by atoms with E-state index in [0.717, 1.165) is 5.56 Å². The number of hydrogen-bond donors (Lipinski definition) is 1. The Morgan fingerprint density at radius 2 is 2.10 bits per heavy atom. The summed E-state index contributed by atoms with van der Waals surface area (Å²) >= 11 is 0. The highest BCUT2D eigenvalue weighted by Crippen LogP contribution is 2.39. The van der Waals surface area contributed by atoms with E-state index in [1.54, 1.807) is 6.08 Å². The van der Waals surface area contributed by atoms with Gasteiger partial charge in [0.1, 0.15) is 12.2 Å². The summed E-state index contributed by atoms with van der Waals surface area (Å²) in [5, 5.41) is 3.40. The fourth-order valence-corrected chi connectivity index (χ4v) is 3.04. The predicted octanol–water partition coefficient (Wildman–Crippen LogP) is 1.37. The smallest absolute Gasteiger partial charge is 0.184 e. The van der Waals surface area contributed by atoms with Crippen molar-refractivity contribution >= 4 is 0 Å². The van der Waals surface area contributed by atoms with Crippen molar-refractivity contribution in [3.05, 3.63) is 48.6 Å². The molecular formula is C16H19NO4. The van der Waals surface area contributed by atoms with E-state index in [-0.39, 0.29) is 36.9 Å². The first-order valence-corrected chi connectivity index (χ1v) is 7.33. The highest BCUT2D eigenvalue weighted by atomic mass is 16.7. The molecule has 112 valence electrons. The number of benzene rings is 1. The largest absolute Gasteiger partial charge is 0.347 e. The molecule has 3 heterocycles. The topological polar surface area (TPSA) is 58.9 Å². The molecule has 3 fully saturated rings. The number of nitrogens with one attached hydrogen (secondary N) is 1. The molecular weight excluding hydrogens is 270 g/mol. The normalized spacial score (nSPS) is 41.0. The van der Waals surface area contributed by atoms with Crippen LogP contribution in [0.4, 0.5) is 0 Å². The first-order chi connectivity index (χ1) is 10.4. The first-order valence-electron chi connectivity index (χ1n) is 7.33. The van der Waals surface area contributed by atoms with Gasteiger partial charge in [0.05, 0.1) is 25.3 Å². The third-order valence-corrected chi connectivity index (χ3v) is 4.13. The molecule has 0 spiro atoms. The van der Waals surface area contributed by atoms with Crippen molar-refractivity contribution in [1.29, 1.82) is 0 Å². The van der Waals surface area contributed by atoms with Gasteiger partial charge < -0.3 is 24.3 Å². The van der Waals surface area contributed by atoms with E-state index in [4.69, 9.17) is 18.9 Å². The first kappa shape index (κ1) is 13.4. The molecule has 21 heavy (non-hydrogen) atoms. The van der Waals surface area contributed by atoms with Gasteiger partial charge in [-0.15, -0.1) is 6.58 Å². The summed E-state index contributed by atoms with van der Waals surface area (Å²) in [5.74, 6) is 0. The van der Waals surface area contributed by atoms with Crippen molar-refractivity contribution in [2.24, 2.45) is 0 Å². The standard InChI is InChI=1S/C16H19NO4/c1-2-8-18-16-13-12(17-13)14-11(20-16)9-19-15(21-14)10-6-4-3-5-7-10/h2-7,11-17H,1,8-9H2/t11-,12+,13-,14-,15?,16+/m1/s1. The van der Waals surface area contributed by atoms with E-state index in [1.807, 2.05) is 30.3 Å². The highest BCUT2D eigenvalue weighted by Gasteiger charge is 2.58. The molecule has 5 nitrogen and oxygen atoms in total. The van der Waals surface area contributed by atoms with Crippen molar-refractivity contribution in [3.8, 4) is 0 Å². The van der Waals surface area contributed by atoms with Gasteiger partial charge in [-0.05, 0) is 0 Å². The SMILES string of the molecule is C=CCO[C@H]1O[C@@H]2COC(c3ccccc3)O[C@H]2[C@H]2N[C@@H]12. The summed E-state index contributed by atoms with van der Waals surface area (Å²) in [7, 11) is 0. The van der Waals surface area contributed by atoms with Crippen LogP contribution >= 0.6 is 0 Å². The Labute approximate surface area is 123 Å². The van der Waals surface area contributed by atoms with Crippen LogP contribution in [0.25, 0.3) is 0 Å². The molecule has 1 unspecified atom stereocenters. The fraction of sp³-hybridized carbons (Fsp3) is 0.500. The maximum atomic E-state index is 6.10. The number of rotatable bonds is 4.